The topological polar surface area (TPSA) is 47.4 Å². The first kappa shape index (κ1) is 13.7. The quantitative estimate of drug-likeness (QED) is 0.662. The Morgan fingerprint density at radius 1 is 1.53 bits per heavy atom. The normalized spacial score (nSPS) is 10.8. The number of hydrogen-bond donors (Lipinski definition) is 0. The summed E-state index contributed by atoms with van der Waals surface area (Å²) in [6.07, 6.45) is 6.25. The lowest BCUT2D eigenvalue weighted by molar-refractivity contribution is -0.140. The fourth-order valence-corrected chi connectivity index (χ4v) is 1.63. The monoisotopic (exact) mass is 239 g/mol. The molecule has 96 valence electrons. The zero-order chi connectivity index (χ0) is 12.7. The van der Waals surface area contributed by atoms with E-state index >= 15 is 0 Å². The van der Waals surface area contributed by atoms with E-state index in [1.165, 1.54) is 12.7 Å². The molecule has 0 aliphatic carbocycles. The lowest BCUT2D eigenvalue weighted by Gasteiger charge is -2.15. The molecule has 0 fully saturated rings. The number of aryl methyl sites for hydroxylation is 1. The highest BCUT2D eigenvalue weighted by molar-refractivity contribution is 5.69. The van der Waals surface area contributed by atoms with Crippen LogP contribution in [0, 0.1) is 0 Å². The summed E-state index contributed by atoms with van der Waals surface area (Å²) in [6.45, 7) is 1.89. The van der Waals surface area contributed by atoms with Crippen LogP contribution in [0.25, 0.3) is 0 Å². The van der Waals surface area contributed by atoms with E-state index in [0.717, 1.165) is 25.9 Å². The summed E-state index contributed by atoms with van der Waals surface area (Å²) in [4.78, 5) is 13.1. The van der Waals surface area contributed by atoms with Crippen molar-refractivity contribution in [1.29, 1.82) is 0 Å². The SMILES string of the molecule is COC(=O)CCCN(C)CCc1cnn(C)c1. The van der Waals surface area contributed by atoms with E-state index in [4.69, 9.17) is 0 Å². The predicted molar refractivity (Wildman–Crippen MR) is 65.7 cm³/mol. The molecule has 0 atom stereocenters. The van der Waals surface area contributed by atoms with Crippen LogP contribution in [0.15, 0.2) is 12.4 Å². The minimum Gasteiger partial charge on any atom is -0.469 e. The van der Waals surface area contributed by atoms with Crippen LogP contribution in [-0.4, -0.2) is 47.9 Å². The summed E-state index contributed by atoms with van der Waals surface area (Å²) in [6, 6.07) is 0. The number of ether oxygens (including phenoxy) is 1. The van der Waals surface area contributed by atoms with Crippen molar-refractivity contribution in [2.45, 2.75) is 19.3 Å². The lowest BCUT2D eigenvalue weighted by atomic mass is 10.2. The van der Waals surface area contributed by atoms with Crippen molar-refractivity contribution in [1.82, 2.24) is 14.7 Å². The van der Waals surface area contributed by atoms with Gasteiger partial charge in [0.1, 0.15) is 0 Å². The standard InChI is InChI=1S/C12H21N3O2/c1-14(7-4-5-12(16)17-3)8-6-11-9-13-15(2)10-11/h9-10H,4-8H2,1-3H3. The summed E-state index contributed by atoms with van der Waals surface area (Å²) in [5.74, 6) is -0.134. The van der Waals surface area contributed by atoms with Gasteiger partial charge in [0.15, 0.2) is 0 Å². The average molecular weight is 239 g/mol. The van der Waals surface area contributed by atoms with Gasteiger partial charge in [-0.25, -0.2) is 0 Å². The fraction of sp³-hybridized carbons (Fsp3) is 0.667. The summed E-state index contributed by atoms with van der Waals surface area (Å²) in [5, 5.41) is 4.13. The fourth-order valence-electron chi connectivity index (χ4n) is 1.63. The lowest BCUT2D eigenvalue weighted by Crippen LogP contribution is -2.23. The van der Waals surface area contributed by atoms with Gasteiger partial charge >= 0.3 is 5.97 Å². The van der Waals surface area contributed by atoms with E-state index < -0.39 is 0 Å². The zero-order valence-corrected chi connectivity index (χ0v) is 10.8. The highest BCUT2D eigenvalue weighted by Gasteiger charge is 2.03. The first-order valence-electron chi connectivity index (χ1n) is 5.84. The molecule has 5 nitrogen and oxygen atoms in total. The molecule has 1 rings (SSSR count). The molecular weight excluding hydrogens is 218 g/mol. The van der Waals surface area contributed by atoms with Crippen LogP contribution in [-0.2, 0) is 23.0 Å². The van der Waals surface area contributed by atoms with Crippen LogP contribution >= 0.6 is 0 Å². The highest BCUT2D eigenvalue weighted by atomic mass is 16.5. The van der Waals surface area contributed by atoms with Crippen LogP contribution in [0.3, 0.4) is 0 Å². The molecule has 5 heteroatoms. The van der Waals surface area contributed by atoms with Gasteiger partial charge in [-0.3, -0.25) is 9.48 Å². The summed E-state index contributed by atoms with van der Waals surface area (Å²) in [5.41, 5.74) is 1.24. The number of rotatable bonds is 7. The summed E-state index contributed by atoms with van der Waals surface area (Å²) in [7, 11) is 5.41. The molecule has 0 aliphatic heterocycles. The summed E-state index contributed by atoms with van der Waals surface area (Å²) < 4.78 is 6.41. The second-order valence-electron chi connectivity index (χ2n) is 4.26. The molecule has 0 bridgehead atoms. The third kappa shape index (κ3) is 5.49. The average Bonchev–Trinajstić information content (AvgIpc) is 2.72. The highest BCUT2D eigenvalue weighted by Crippen LogP contribution is 2.00. The Balaban J connectivity index is 2.13. The molecule has 1 aromatic rings. The molecule has 17 heavy (non-hydrogen) atoms. The first-order valence-corrected chi connectivity index (χ1v) is 5.84. The first-order chi connectivity index (χ1) is 8.11. The van der Waals surface area contributed by atoms with E-state index in [2.05, 4.69) is 21.8 Å². The number of esters is 1. The molecule has 0 unspecified atom stereocenters. The Kier molecular flexibility index (Phi) is 5.69. The van der Waals surface area contributed by atoms with Gasteiger partial charge in [0, 0.05) is 26.2 Å². The van der Waals surface area contributed by atoms with Crippen LogP contribution < -0.4 is 0 Å². The number of hydrogen-bond acceptors (Lipinski definition) is 4. The van der Waals surface area contributed by atoms with Gasteiger partial charge in [0.2, 0.25) is 0 Å². The van der Waals surface area contributed by atoms with Gasteiger partial charge in [-0.1, -0.05) is 0 Å². The van der Waals surface area contributed by atoms with E-state index in [0.29, 0.717) is 6.42 Å². The van der Waals surface area contributed by atoms with Gasteiger partial charge < -0.3 is 9.64 Å². The Morgan fingerprint density at radius 2 is 2.29 bits per heavy atom. The van der Waals surface area contributed by atoms with Crippen LogP contribution in [0.5, 0.6) is 0 Å². The maximum Gasteiger partial charge on any atom is 0.305 e. The molecule has 0 N–H and O–H groups in total. The molecular formula is C12H21N3O2. The Morgan fingerprint density at radius 3 is 2.88 bits per heavy atom. The number of carbonyl (C=O) groups excluding carboxylic acids is 1. The molecule has 0 saturated heterocycles. The molecule has 0 aromatic carbocycles. The molecule has 0 spiro atoms. The molecule has 0 amide bonds. The number of carbonyl (C=O) groups is 1. The Hall–Kier alpha value is -1.36. The maximum atomic E-state index is 10.9. The van der Waals surface area contributed by atoms with E-state index in [1.54, 1.807) is 0 Å². The maximum absolute atomic E-state index is 10.9. The number of nitrogens with zero attached hydrogens (tertiary/aromatic N) is 3. The second-order valence-corrected chi connectivity index (χ2v) is 4.26. The van der Waals surface area contributed by atoms with Crippen molar-refractivity contribution in [2.24, 2.45) is 7.05 Å². The van der Waals surface area contributed by atoms with Gasteiger partial charge in [0.25, 0.3) is 0 Å². The van der Waals surface area contributed by atoms with Gasteiger partial charge in [-0.15, -0.1) is 0 Å². The largest absolute Gasteiger partial charge is 0.469 e. The van der Waals surface area contributed by atoms with Crippen molar-refractivity contribution in [2.75, 3.05) is 27.2 Å². The van der Waals surface area contributed by atoms with Crippen molar-refractivity contribution in [3.05, 3.63) is 18.0 Å². The smallest absolute Gasteiger partial charge is 0.305 e. The Bertz CT molecular complexity index is 349. The third-order valence-corrected chi connectivity index (χ3v) is 2.69. The van der Waals surface area contributed by atoms with Crippen molar-refractivity contribution in [3.8, 4) is 0 Å². The van der Waals surface area contributed by atoms with Crippen LogP contribution in [0.1, 0.15) is 18.4 Å². The number of aromatic nitrogens is 2. The molecule has 1 heterocycles. The molecule has 1 aromatic heterocycles. The van der Waals surface area contributed by atoms with Crippen LogP contribution in [0.4, 0.5) is 0 Å². The van der Waals surface area contributed by atoms with Crippen molar-refractivity contribution >= 4 is 5.97 Å². The van der Waals surface area contributed by atoms with Crippen LogP contribution in [0.2, 0.25) is 0 Å². The van der Waals surface area contributed by atoms with Gasteiger partial charge in [-0.05, 0) is 32.0 Å². The van der Waals surface area contributed by atoms with E-state index in [-0.39, 0.29) is 5.97 Å². The van der Waals surface area contributed by atoms with Gasteiger partial charge in [-0.2, -0.15) is 5.10 Å². The van der Waals surface area contributed by atoms with Gasteiger partial charge in [0.05, 0.1) is 13.3 Å². The molecule has 0 saturated carbocycles. The third-order valence-electron chi connectivity index (χ3n) is 2.69. The van der Waals surface area contributed by atoms with Crippen molar-refractivity contribution < 1.29 is 9.53 Å². The minimum absolute atomic E-state index is 0.134. The minimum atomic E-state index is -0.134. The number of methoxy groups -OCH3 is 1. The predicted octanol–water partition coefficient (Wildman–Crippen LogP) is 0.848. The van der Waals surface area contributed by atoms with E-state index in [1.807, 2.05) is 24.1 Å². The second kappa shape index (κ2) is 7.06. The molecule has 0 aliphatic rings. The van der Waals surface area contributed by atoms with Crippen molar-refractivity contribution in [3.63, 3.8) is 0 Å². The molecule has 0 radical (unpaired) electrons. The Labute approximate surface area is 102 Å². The zero-order valence-electron chi connectivity index (χ0n) is 10.8. The summed E-state index contributed by atoms with van der Waals surface area (Å²) >= 11 is 0. The number of likely N-dealkylation sites (N-methyl/N-ethyl adjacent to an activating group) is 1. The van der Waals surface area contributed by atoms with E-state index in [9.17, 15) is 4.79 Å².